The Balaban J connectivity index is 2.19. The van der Waals surface area contributed by atoms with Crippen LogP contribution in [0.3, 0.4) is 0 Å². The van der Waals surface area contributed by atoms with Gasteiger partial charge in [-0.25, -0.2) is 0 Å². The fourth-order valence-corrected chi connectivity index (χ4v) is 2.49. The minimum absolute atomic E-state index is 0.0986. The molecular formula is C11H13BrN2O2. The normalized spacial score (nSPS) is 17.9. The van der Waals surface area contributed by atoms with Crippen molar-refractivity contribution in [2.24, 2.45) is 5.73 Å². The highest BCUT2D eigenvalue weighted by molar-refractivity contribution is 9.10. The van der Waals surface area contributed by atoms with Crippen LogP contribution in [0.25, 0.3) is 0 Å². The summed E-state index contributed by atoms with van der Waals surface area (Å²) in [7, 11) is 0. The number of nitrogens with two attached hydrogens (primary N) is 1. The minimum Gasteiger partial charge on any atom is -0.325 e. The van der Waals surface area contributed by atoms with E-state index in [2.05, 4.69) is 15.9 Å². The number of nitrogens with zero attached hydrogens (tertiary/aromatic N) is 1. The Morgan fingerprint density at radius 3 is 2.62 bits per heavy atom. The van der Waals surface area contributed by atoms with Crippen molar-refractivity contribution in [3.63, 3.8) is 0 Å². The first-order chi connectivity index (χ1) is 7.50. The predicted octanol–water partition coefficient (Wildman–Crippen LogP) is 2.78. The third-order valence-corrected chi connectivity index (χ3v) is 3.88. The van der Waals surface area contributed by atoms with Crippen molar-refractivity contribution in [3.05, 3.63) is 38.3 Å². The molecule has 0 bridgehead atoms. The second-order valence-electron chi connectivity index (χ2n) is 4.43. The lowest BCUT2D eigenvalue weighted by molar-refractivity contribution is -0.384. The molecule has 0 atom stereocenters. The van der Waals surface area contributed by atoms with Gasteiger partial charge in [-0.1, -0.05) is 22.0 Å². The van der Waals surface area contributed by atoms with Gasteiger partial charge in [0, 0.05) is 22.1 Å². The lowest BCUT2D eigenvalue weighted by Crippen LogP contribution is -2.48. The summed E-state index contributed by atoms with van der Waals surface area (Å²) in [5, 5.41) is 10.6. The maximum absolute atomic E-state index is 10.6. The number of hydrogen-bond acceptors (Lipinski definition) is 3. The molecule has 1 aliphatic carbocycles. The molecule has 1 saturated carbocycles. The van der Waals surface area contributed by atoms with E-state index in [0.29, 0.717) is 0 Å². The van der Waals surface area contributed by atoms with Gasteiger partial charge < -0.3 is 5.73 Å². The molecule has 0 aromatic heterocycles. The summed E-state index contributed by atoms with van der Waals surface area (Å²) in [6, 6.07) is 4.86. The standard InChI is InChI=1S/C11H13BrN2O2/c12-10-6-9(14(15)16)3-2-8(10)7-11(13)4-1-5-11/h2-3,6H,1,4-5,7,13H2. The summed E-state index contributed by atoms with van der Waals surface area (Å²) >= 11 is 3.36. The Morgan fingerprint density at radius 1 is 1.50 bits per heavy atom. The molecule has 1 aromatic carbocycles. The van der Waals surface area contributed by atoms with Crippen LogP contribution in [0.4, 0.5) is 5.69 Å². The molecule has 5 heteroatoms. The smallest absolute Gasteiger partial charge is 0.270 e. The Bertz CT molecular complexity index is 430. The average Bonchev–Trinajstić information content (AvgIpc) is 2.18. The second-order valence-corrected chi connectivity index (χ2v) is 5.28. The van der Waals surface area contributed by atoms with E-state index >= 15 is 0 Å². The average molecular weight is 285 g/mol. The first-order valence-corrected chi connectivity index (χ1v) is 6.01. The second kappa shape index (κ2) is 4.14. The highest BCUT2D eigenvalue weighted by Crippen LogP contribution is 2.35. The van der Waals surface area contributed by atoms with Crippen molar-refractivity contribution in [1.82, 2.24) is 0 Å². The number of non-ortho nitro benzene ring substituents is 1. The molecule has 0 saturated heterocycles. The topological polar surface area (TPSA) is 69.2 Å². The Hall–Kier alpha value is -0.940. The van der Waals surface area contributed by atoms with Crippen molar-refractivity contribution in [2.45, 2.75) is 31.2 Å². The van der Waals surface area contributed by atoms with Crippen LogP contribution in [-0.4, -0.2) is 10.5 Å². The maximum Gasteiger partial charge on any atom is 0.270 e. The number of rotatable bonds is 3. The molecule has 1 aliphatic rings. The zero-order valence-electron chi connectivity index (χ0n) is 8.78. The molecule has 2 N–H and O–H groups in total. The van der Waals surface area contributed by atoms with Gasteiger partial charge in [-0.15, -0.1) is 0 Å². The largest absolute Gasteiger partial charge is 0.325 e. The van der Waals surface area contributed by atoms with E-state index in [4.69, 9.17) is 5.73 Å². The van der Waals surface area contributed by atoms with E-state index in [1.165, 1.54) is 18.6 Å². The summed E-state index contributed by atoms with van der Waals surface area (Å²) in [5.74, 6) is 0. The van der Waals surface area contributed by atoms with E-state index < -0.39 is 4.92 Å². The van der Waals surface area contributed by atoms with Gasteiger partial charge in [0.1, 0.15) is 0 Å². The summed E-state index contributed by atoms with van der Waals surface area (Å²) in [5.41, 5.74) is 7.20. The van der Waals surface area contributed by atoms with Crippen LogP contribution >= 0.6 is 15.9 Å². The molecule has 4 nitrogen and oxygen atoms in total. The van der Waals surface area contributed by atoms with Gasteiger partial charge in [-0.2, -0.15) is 0 Å². The van der Waals surface area contributed by atoms with Gasteiger partial charge in [0.2, 0.25) is 0 Å². The van der Waals surface area contributed by atoms with E-state index in [1.54, 1.807) is 6.07 Å². The number of hydrogen-bond donors (Lipinski definition) is 1. The SMILES string of the molecule is NC1(Cc2ccc([N+](=O)[O-])cc2Br)CCC1. The van der Waals surface area contributed by atoms with Crippen LogP contribution in [0.15, 0.2) is 22.7 Å². The van der Waals surface area contributed by atoms with Crippen molar-refractivity contribution in [2.75, 3.05) is 0 Å². The van der Waals surface area contributed by atoms with E-state index in [-0.39, 0.29) is 11.2 Å². The van der Waals surface area contributed by atoms with Crippen molar-refractivity contribution < 1.29 is 4.92 Å². The first kappa shape index (κ1) is 11.5. The predicted molar refractivity (Wildman–Crippen MR) is 65.3 cm³/mol. The molecule has 16 heavy (non-hydrogen) atoms. The molecule has 1 fully saturated rings. The van der Waals surface area contributed by atoms with Crippen molar-refractivity contribution in [3.8, 4) is 0 Å². The van der Waals surface area contributed by atoms with Gasteiger partial charge in [-0.05, 0) is 31.2 Å². The van der Waals surface area contributed by atoms with E-state index in [1.807, 2.05) is 0 Å². The number of halogens is 1. The van der Waals surface area contributed by atoms with Crippen LogP contribution < -0.4 is 5.73 Å². The fourth-order valence-electron chi connectivity index (χ4n) is 1.98. The number of nitro benzene ring substituents is 1. The van der Waals surface area contributed by atoms with E-state index in [0.717, 1.165) is 29.3 Å². The summed E-state index contributed by atoms with van der Waals surface area (Å²) in [6.45, 7) is 0. The molecule has 0 aliphatic heterocycles. The van der Waals surface area contributed by atoms with Gasteiger partial charge in [-0.3, -0.25) is 10.1 Å². The molecule has 0 amide bonds. The van der Waals surface area contributed by atoms with Crippen molar-refractivity contribution >= 4 is 21.6 Å². The minimum atomic E-state index is -0.393. The Kier molecular flexibility index (Phi) is 2.99. The quantitative estimate of drug-likeness (QED) is 0.685. The van der Waals surface area contributed by atoms with Gasteiger partial charge >= 0.3 is 0 Å². The molecule has 0 unspecified atom stereocenters. The Labute approximate surface area is 102 Å². The zero-order valence-corrected chi connectivity index (χ0v) is 10.4. The molecule has 2 rings (SSSR count). The van der Waals surface area contributed by atoms with Gasteiger partial charge in [0.15, 0.2) is 0 Å². The lowest BCUT2D eigenvalue weighted by Gasteiger charge is -2.38. The third kappa shape index (κ3) is 2.25. The monoisotopic (exact) mass is 284 g/mol. The van der Waals surface area contributed by atoms with Crippen molar-refractivity contribution in [1.29, 1.82) is 0 Å². The summed E-state index contributed by atoms with van der Waals surface area (Å²) in [4.78, 5) is 10.2. The van der Waals surface area contributed by atoms with E-state index in [9.17, 15) is 10.1 Å². The lowest BCUT2D eigenvalue weighted by atomic mass is 9.74. The van der Waals surface area contributed by atoms with Gasteiger partial charge in [0.05, 0.1) is 4.92 Å². The zero-order chi connectivity index (χ0) is 11.8. The van der Waals surface area contributed by atoms with Crippen LogP contribution in [0.2, 0.25) is 0 Å². The molecule has 0 heterocycles. The molecule has 86 valence electrons. The highest BCUT2D eigenvalue weighted by atomic mass is 79.9. The number of nitro groups is 1. The third-order valence-electron chi connectivity index (χ3n) is 3.14. The molecule has 1 aromatic rings. The molecule has 0 radical (unpaired) electrons. The Morgan fingerprint density at radius 2 is 2.19 bits per heavy atom. The highest BCUT2D eigenvalue weighted by Gasteiger charge is 2.33. The van der Waals surface area contributed by atoms with Crippen LogP contribution in [-0.2, 0) is 6.42 Å². The van der Waals surface area contributed by atoms with Gasteiger partial charge in [0.25, 0.3) is 5.69 Å². The van der Waals surface area contributed by atoms with Crippen LogP contribution in [0.1, 0.15) is 24.8 Å². The maximum atomic E-state index is 10.6. The molecule has 0 spiro atoms. The molecular weight excluding hydrogens is 272 g/mol. The first-order valence-electron chi connectivity index (χ1n) is 5.22. The number of benzene rings is 1. The fraction of sp³-hybridized carbons (Fsp3) is 0.455. The summed E-state index contributed by atoms with van der Waals surface area (Å²) < 4.78 is 0.776. The summed E-state index contributed by atoms with van der Waals surface area (Å²) in [6.07, 6.45) is 4.04. The van der Waals surface area contributed by atoms with Crippen LogP contribution in [0, 0.1) is 10.1 Å². The van der Waals surface area contributed by atoms with Crippen LogP contribution in [0.5, 0.6) is 0 Å².